The average Bonchev–Trinajstić information content (AvgIpc) is 3.05. The zero-order valence-electron chi connectivity index (χ0n) is 17.1. The molecule has 3 aromatic rings. The molecule has 0 saturated carbocycles. The van der Waals surface area contributed by atoms with Crippen molar-refractivity contribution in [1.29, 1.82) is 0 Å². The molecule has 0 N–H and O–H groups in total. The van der Waals surface area contributed by atoms with Gasteiger partial charge in [-0.25, -0.2) is 4.99 Å². The number of ether oxygens (including phenoxy) is 1. The number of para-hydroxylation sites is 3. The standard InChI is InChI=1S/C25H22N2O2S/c1-17-10-4-7-13-20(17)26-25-27(21-14-8-5-11-18(21)2)24(28)23(30-25)16-19-12-6-9-15-22(19)29-3/h4-16H,1-3H3/b23-16+,26-25?. The van der Waals surface area contributed by atoms with Crippen LogP contribution in [0.4, 0.5) is 11.4 Å². The molecule has 1 fully saturated rings. The number of aliphatic imine (C=N–C) groups is 1. The van der Waals surface area contributed by atoms with Gasteiger partial charge >= 0.3 is 0 Å². The molecule has 0 radical (unpaired) electrons. The lowest BCUT2D eigenvalue weighted by atomic mass is 10.1. The molecule has 1 aliphatic heterocycles. The molecule has 0 atom stereocenters. The van der Waals surface area contributed by atoms with Crippen molar-refractivity contribution in [2.45, 2.75) is 13.8 Å². The number of nitrogens with zero attached hydrogens (tertiary/aromatic N) is 2. The molecule has 1 heterocycles. The van der Waals surface area contributed by atoms with Gasteiger partial charge in [0, 0.05) is 5.56 Å². The van der Waals surface area contributed by atoms with E-state index in [1.807, 2.05) is 92.7 Å². The number of anilines is 1. The molecule has 0 spiro atoms. The van der Waals surface area contributed by atoms with Gasteiger partial charge in [-0.2, -0.15) is 0 Å². The van der Waals surface area contributed by atoms with Crippen LogP contribution < -0.4 is 9.64 Å². The van der Waals surface area contributed by atoms with Gasteiger partial charge in [-0.15, -0.1) is 0 Å². The number of carbonyl (C=O) groups excluding carboxylic acids is 1. The van der Waals surface area contributed by atoms with Crippen molar-refractivity contribution in [2.75, 3.05) is 12.0 Å². The highest BCUT2D eigenvalue weighted by Crippen LogP contribution is 2.39. The molecule has 1 aliphatic rings. The van der Waals surface area contributed by atoms with E-state index in [0.717, 1.165) is 33.8 Å². The number of amidine groups is 1. The first-order chi connectivity index (χ1) is 14.6. The topological polar surface area (TPSA) is 41.9 Å². The van der Waals surface area contributed by atoms with Crippen molar-refractivity contribution in [3.63, 3.8) is 0 Å². The Labute approximate surface area is 180 Å². The number of amides is 1. The zero-order chi connectivity index (χ0) is 21.1. The minimum atomic E-state index is -0.0902. The molecule has 1 saturated heterocycles. The van der Waals surface area contributed by atoms with Crippen molar-refractivity contribution in [3.8, 4) is 5.75 Å². The summed E-state index contributed by atoms with van der Waals surface area (Å²) in [4.78, 5) is 20.6. The maximum Gasteiger partial charge on any atom is 0.271 e. The monoisotopic (exact) mass is 414 g/mol. The van der Waals surface area contributed by atoms with Gasteiger partial charge in [0.05, 0.1) is 23.4 Å². The van der Waals surface area contributed by atoms with E-state index in [-0.39, 0.29) is 5.91 Å². The fourth-order valence-corrected chi connectivity index (χ4v) is 4.27. The third kappa shape index (κ3) is 3.89. The molecule has 150 valence electrons. The highest BCUT2D eigenvalue weighted by molar-refractivity contribution is 8.19. The number of hydrogen-bond donors (Lipinski definition) is 0. The molecular formula is C25H22N2O2S. The van der Waals surface area contributed by atoms with E-state index >= 15 is 0 Å². The van der Waals surface area contributed by atoms with Gasteiger partial charge in [0.2, 0.25) is 0 Å². The second kappa shape index (κ2) is 8.59. The normalized spacial score (nSPS) is 16.5. The largest absolute Gasteiger partial charge is 0.496 e. The Morgan fingerprint density at radius 2 is 1.57 bits per heavy atom. The number of hydrogen-bond acceptors (Lipinski definition) is 4. The van der Waals surface area contributed by atoms with Gasteiger partial charge in [-0.1, -0.05) is 54.6 Å². The van der Waals surface area contributed by atoms with Crippen LogP contribution in [0.5, 0.6) is 5.75 Å². The van der Waals surface area contributed by atoms with E-state index in [1.54, 1.807) is 12.0 Å². The zero-order valence-corrected chi connectivity index (χ0v) is 17.9. The molecule has 4 rings (SSSR count). The molecule has 0 aromatic heterocycles. The van der Waals surface area contributed by atoms with Crippen molar-refractivity contribution < 1.29 is 9.53 Å². The Morgan fingerprint density at radius 3 is 2.30 bits per heavy atom. The van der Waals surface area contributed by atoms with E-state index in [2.05, 4.69) is 0 Å². The van der Waals surface area contributed by atoms with Crippen LogP contribution in [0.2, 0.25) is 0 Å². The van der Waals surface area contributed by atoms with Gasteiger partial charge in [0.25, 0.3) is 5.91 Å². The van der Waals surface area contributed by atoms with E-state index in [4.69, 9.17) is 9.73 Å². The summed E-state index contributed by atoms with van der Waals surface area (Å²) in [6.07, 6.45) is 1.87. The summed E-state index contributed by atoms with van der Waals surface area (Å²) in [5.74, 6) is 0.637. The van der Waals surface area contributed by atoms with Gasteiger partial charge in [0.1, 0.15) is 5.75 Å². The average molecular weight is 415 g/mol. The highest BCUT2D eigenvalue weighted by atomic mass is 32.2. The molecular weight excluding hydrogens is 392 g/mol. The fourth-order valence-electron chi connectivity index (χ4n) is 3.29. The summed E-state index contributed by atoms with van der Waals surface area (Å²) in [5.41, 5.74) is 4.63. The number of methoxy groups -OCH3 is 1. The van der Waals surface area contributed by atoms with Crippen LogP contribution in [0.25, 0.3) is 6.08 Å². The minimum Gasteiger partial charge on any atom is -0.496 e. The molecule has 1 amide bonds. The third-order valence-electron chi connectivity index (χ3n) is 4.92. The lowest BCUT2D eigenvalue weighted by Crippen LogP contribution is -2.29. The molecule has 3 aromatic carbocycles. The van der Waals surface area contributed by atoms with E-state index in [1.165, 1.54) is 11.8 Å². The van der Waals surface area contributed by atoms with Crippen LogP contribution >= 0.6 is 11.8 Å². The molecule has 0 unspecified atom stereocenters. The van der Waals surface area contributed by atoms with Crippen LogP contribution in [0, 0.1) is 13.8 Å². The minimum absolute atomic E-state index is 0.0902. The van der Waals surface area contributed by atoms with Crippen LogP contribution in [0.3, 0.4) is 0 Å². The Balaban J connectivity index is 1.84. The van der Waals surface area contributed by atoms with Crippen LogP contribution in [0.1, 0.15) is 16.7 Å². The van der Waals surface area contributed by atoms with Gasteiger partial charge in [0.15, 0.2) is 5.17 Å². The van der Waals surface area contributed by atoms with E-state index in [9.17, 15) is 4.79 Å². The molecule has 5 heteroatoms. The number of rotatable bonds is 4. The number of thioether (sulfide) groups is 1. The predicted molar refractivity (Wildman–Crippen MR) is 126 cm³/mol. The van der Waals surface area contributed by atoms with Gasteiger partial charge < -0.3 is 4.74 Å². The number of benzene rings is 3. The Hall–Kier alpha value is -3.31. The maximum absolute atomic E-state index is 13.5. The van der Waals surface area contributed by atoms with Crippen molar-refractivity contribution in [3.05, 3.63) is 94.4 Å². The smallest absolute Gasteiger partial charge is 0.271 e. The lowest BCUT2D eigenvalue weighted by molar-refractivity contribution is -0.113. The lowest BCUT2D eigenvalue weighted by Gasteiger charge is -2.18. The summed E-state index contributed by atoms with van der Waals surface area (Å²) in [6.45, 7) is 4.02. The maximum atomic E-state index is 13.5. The molecule has 4 nitrogen and oxygen atoms in total. The summed E-state index contributed by atoms with van der Waals surface area (Å²) in [7, 11) is 1.63. The fraction of sp³-hybridized carbons (Fsp3) is 0.120. The second-order valence-electron chi connectivity index (χ2n) is 6.96. The first kappa shape index (κ1) is 20.0. The van der Waals surface area contributed by atoms with Gasteiger partial charge in [-0.05, 0) is 61.0 Å². The molecule has 0 bridgehead atoms. The quantitative estimate of drug-likeness (QED) is 0.483. The van der Waals surface area contributed by atoms with Crippen LogP contribution in [0.15, 0.2) is 82.7 Å². The molecule has 0 aliphatic carbocycles. The number of aryl methyl sites for hydroxylation is 2. The number of carbonyl (C=O) groups is 1. The van der Waals surface area contributed by atoms with E-state index < -0.39 is 0 Å². The Kier molecular flexibility index (Phi) is 5.72. The van der Waals surface area contributed by atoms with Crippen LogP contribution in [-0.4, -0.2) is 18.2 Å². The van der Waals surface area contributed by atoms with Gasteiger partial charge in [-0.3, -0.25) is 9.69 Å². The van der Waals surface area contributed by atoms with Crippen LogP contribution in [-0.2, 0) is 4.79 Å². The second-order valence-corrected chi connectivity index (χ2v) is 7.97. The van der Waals surface area contributed by atoms with Crippen molar-refractivity contribution in [1.82, 2.24) is 0 Å². The predicted octanol–water partition coefficient (Wildman–Crippen LogP) is 6.12. The third-order valence-corrected chi connectivity index (χ3v) is 5.89. The first-order valence-electron chi connectivity index (χ1n) is 9.65. The first-order valence-corrected chi connectivity index (χ1v) is 10.5. The summed E-state index contributed by atoms with van der Waals surface area (Å²) >= 11 is 1.38. The van der Waals surface area contributed by atoms with Crippen molar-refractivity contribution in [2.24, 2.45) is 4.99 Å². The van der Waals surface area contributed by atoms with Crippen molar-refractivity contribution >= 4 is 40.3 Å². The summed E-state index contributed by atoms with van der Waals surface area (Å²) in [6, 6.07) is 23.4. The summed E-state index contributed by atoms with van der Waals surface area (Å²) in [5, 5.41) is 0.643. The SMILES string of the molecule is COc1ccccc1/C=C1/SC(=Nc2ccccc2C)N(c2ccccc2C)C1=O. The summed E-state index contributed by atoms with van der Waals surface area (Å²) < 4.78 is 5.45. The van der Waals surface area contributed by atoms with E-state index in [0.29, 0.717) is 10.1 Å². The highest BCUT2D eigenvalue weighted by Gasteiger charge is 2.35. The Morgan fingerprint density at radius 1 is 0.900 bits per heavy atom. The molecule has 30 heavy (non-hydrogen) atoms. The Bertz CT molecular complexity index is 1170.